The molecule has 0 bridgehead atoms. The van der Waals surface area contributed by atoms with Gasteiger partial charge in [-0.15, -0.1) is 0 Å². The van der Waals surface area contributed by atoms with E-state index >= 15 is 0 Å². The summed E-state index contributed by atoms with van der Waals surface area (Å²) in [5.41, 5.74) is -0.229. The Bertz CT molecular complexity index is 580. The average molecular weight is 303 g/mol. The van der Waals surface area contributed by atoms with Crippen LogP contribution in [0.25, 0.3) is 0 Å². The van der Waals surface area contributed by atoms with E-state index in [0.717, 1.165) is 5.56 Å². The van der Waals surface area contributed by atoms with Crippen molar-refractivity contribution in [3.63, 3.8) is 0 Å². The van der Waals surface area contributed by atoms with Gasteiger partial charge < -0.3 is 9.47 Å². The molecule has 0 aliphatic carbocycles. The lowest BCUT2D eigenvalue weighted by molar-refractivity contribution is -0.143. The fraction of sp³-hybridized carbons (Fsp3) is 0.471. The molecule has 1 aliphatic rings. The molecule has 1 aromatic carbocycles. The first-order chi connectivity index (χ1) is 10.5. The van der Waals surface area contributed by atoms with Crippen molar-refractivity contribution in [3.05, 3.63) is 35.9 Å². The second-order valence-electron chi connectivity index (χ2n) is 5.88. The van der Waals surface area contributed by atoms with Crippen molar-refractivity contribution in [3.8, 4) is 0 Å². The Morgan fingerprint density at radius 2 is 2.00 bits per heavy atom. The summed E-state index contributed by atoms with van der Waals surface area (Å²) in [6.07, 6.45) is 0.982. The molecule has 0 radical (unpaired) electrons. The molecule has 0 amide bonds. The van der Waals surface area contributed by atoms with E-state index in [1.807, 2.05) is 44.2 Å². The summed E-state index contributed by atoms with van der Waals surface area (Å²) < 4.78 is 10.1. The molecule has 5 nitrogen and oxygen atoms in total. The molecule has 0 saturated carbocycles. The average Bonchev–Trinajstić information content (AvgIpc) is 2.82. The standard InChI is InChI=1S/C17H21NO4/c1-12(2)11-17(10-9-14(19)21-3)16(20)22-15(18-17)13-7-5-4-6-8-13/h4-8,12H,9-11H2,1-3H3/t17-/m1/s1. The van der Waals surface area contributed by atoms with E-state index in [0.29, 0.717) is 18.7 Å². The zero-order valence-corrected chi connectivity index (χ0v) is 13.2. The van der Waals surface area contributed by atoms with Crippen LogP contribution < -0.4 is 0 Å². The number of cyclic esters (lactones) is 1. The third-order valence-electron chi connectivity index (χ3n) is 3.62. The summed E-state index contributed by atoms with van der Waals surface area (Å²) in [5, 5.41) is 0. The maximum Gasteiger partial charge on any atom is 0.340 e. The van der Waals surface area contributed by atoms with E-state index < -0.39 is 5.54 Å². The number of aliphatic imine (C=N–C) groups is 1. The van der Waals surface area contributed by atoms with Crippen LogP contribution in [0.1, 0.15) is 38.7 Å². The molecule has 1 aromatic rings. The lowest BCUT2D eigenvalue weighted by atomic mass is 9.85. The smallest absolute Gasteiger partial charge is 0.340 e. The first-order valence-corrected chi connectivity index (χ1v) is 7.41. The molecular weight excluding hydrogens is 282 g/mol. The Kier molecular flexibility index (Phi) is 4.96. The van der Waals surface area contributed by atoms with E-state index in [4.69, 9.17) is 4.74 Å². The van der Waals surface area contributed by atoms with Crippen molar-refractivity contribution in [2.75, 3.05) is 7.11 Å². The van der Waals surface area contributed by atoms with Crippen molar-refractivity contribution < 1.29 is 19.1 Å². The topological polar surface area (TPSA) is 65.0 Å². The number of ether oxygens (including phenoxy) is 2. The minimum absolute atomic E-state index is 0.143. The number of esters is 2. The summed E-state index contributed by atoms with van der Waals surface area (Å²) in [5.74, 6) is -0.150. The number of benzene rings is 1. The van der Waals surface area contributed by atoms with Crippen molar-refractivity contribution in [2.24, 2.45) is 10.9 Å². The van der Waals surface area contributed by atoms with Crippen LogP contribution in [0.3, 0.4) is 0 Å². The Hall–Kier alpha value is -2.17. The van der Waals surface area contributed by atoms with Crippen LogP contribution in [0.2, 0.25) is 0 Å². The first kappa shape index (κ1) is 16.2. The quantitative estimate of drug-likeness (QED) is 0.758. The normalized spacial score (nSPS) is 20.7. The van der Waals surface area contributed by atoms with Gasteiger partial charge in [0.2, 0.25) is 5.90 Å². The molecule has 5 heteroatoms. The van der Waals surface area contributed by atoms with E-state index in [-0.39, 0.29) is 24.3 Å². The molecule has 0 N–H and O–H groups in total. The van der Waals surface area contributed by atoms with Gasteiger partial charge >= 0.3 is 11.9 Å². The fourth-order valence-electron chi connectivity index (χ4n) is 2.63. The van der Waals surface area contributed by atoms with E-state index in [2.05, 4.69) is 9.73 Å². The second-order valence-corrected chi connectivity index (χ2v) is 5.88. The molecule has 0 spiro atoms. The first-order valence-electron chi connectivity index (χ1n) is 7.41. The van der Waals surface area contributed by atoms with Crippen LogP contribution in [-0.4, -0.2) is 30.5 Å². The summed E-state index contributed by atoms with van der Waals surface area (Å²) in [4.78, 5) is 28.4. The van der Waals surface area contributed by atoms with Gasteiger partial charge in [-0.05, 0) is 30.9 Å². The van der Waals surface area contributed by atoms with Crippen molar-refractivity contribution >= 4 is 17.8 Å². The highest BCUT2D eigenvalue weighted by Crippen LogP contribution is 2.34. The number of hydrogen-bond donors (Lipinski definition) is 0. The maximum absolute atomic E-state index is 12.4. The zero-order chi connectivity index (χ0) is 16.2. The Balaban J connectivity index is 2.29. The SMILES string of the molecule is COC(=O)CC[C@]1(CC(C)C)N=C(c2ccccc2)OC1=O. The highest BCUT2D eigenvalue weighted by atomic mass is 16.6. The van der Waals surface area contributed by atoms with Gasteiger partial charge in [0.1, 0.15) is 0 Å². The van der Waals surface area contributed by atoms with Crippen LogP contribution in [0, 0.1) is 5.92 Å². The summed E-state index contributed by atoms with van der Waals surface area (Å²) >= 11 is 0. The highest BCUT2D eigenvalue weighted by molar-refractivity contribution is 6.08. The number of rotatable bonds is 6. The third-order valence-corrected chi connectivity index (χ3v) is 3.62. The summed E-state index contributed by atoms with van der Waals surface area (Å²) in [6, 6.07) is 9.31. The Morgan fingerprint density at radius 3 is 2.59 bits per heavy atom. The fourth-order valence-corrected chi connectivity index (χ4v) is 2.63. The molecule has 22 heavy (non-hydrogen) atoms. The predicted molar refractivity (Wildman–Crippen MR) is 82.5 cm³/mol. The number of methoxy groups -OCH3 is 1. The number of nitrogens with zero attached hydrogens (tertiary/aromatic N) is 1. The molecule has 0 aromatic heterocycles. The predicted octanol–water partition coefficient (Wildman–Crippen LogP) is 2.73. The molecular formula is C17H21NO4. The molecule has 1 atom stereocenters. The van der Waals surface area contributed by atoms with Crippen LogP contribution in [-0.2, 0) is 19.1 Å². The van der Waals surface area contributed by atoms with Crippen molar-refractivity contribution in [2.45, 2.75) is 38.6 Å². The van der Waals surface area contributed by atoms with E-state index in [1.165, 1.54) is 7.11 Å². The zero-order valence-electron chi connectivity index (χ0n) is 13.2. The summed E-state index contributed by atoms with van der Waals surface area (Å²) in [6.45, 7) is 4.03. The molecule has 118 valence electrons. The monoisotopic (exact) mass is 303 g/mol. The maximum atomic E-state index is 12.4. The second kappa shape index (κ2) is 6.73. The van der Waals surface area contributed by atoms with Gasteiger partial charge in [-0.25, -0.2) is 9.79 Å². The largest absolute Gasteiger partial charge is 0.469 e. The minimum Gasteiger partial charge on any atom is -0.469 e. The van der Waals surface area contributed by atoms with Gasteiger partial charge in [-0.1, -0.05) is 32.0 Å². The molecule has 0 fully saturated rings. The molecule has 0 saturated heterocycles. The van der Waals surface area contributed by atoms with Gasteiger partial charge in [-0.2, -0.15) is 0 Å². The Morgan fingerprint density at radius 1 is 1.32 bits per heavy atom. The van der Waals surface area contributed by atoms with Crippen molar-refractivity contribution in [1.82, 2.24) is 0 Å². The molecule has 0 unspecified atom stereocenters. The van der Waals surface area contributed by atoms with Gasteiger partial charge in [0.05, 0.1) is 7.11 Å². The van der Waals surface area contributed by atoms with Gasteiger partial charge in [0.15, 0.2) is 5.54 Å². The van der Waals surface area contributed by atoms with Gasteiger partial charge in [0.25, 0.3) is 0 Å². The van der Waals surface area contributed by atoms with E-state index in [1.54, 1.807) is 0 Å². The lowest BCUT2D eigenvalue weighted by Crippen LogP contribution is -2.36. The molecule has 1 heterocycles. The lowest BCUT2D eigenvalue weighted by Gasteiger charge is -2.23. The van der Waals surface area contributed by atoms with Gasteiger partial charge in [-0.3, -0.25) is 4.79 Å². The molecule has 1 aliphatic heterocycles. The number of hydrogen-bond acceptors (Lipinski definition) is 5. The molecule has 2 rings (SSSR count). The Labute approximate surface area is 130 Å². The van der Waals surface area contributed by atoms with Crippen LogP contribution in [0.5, 0.6) is 0 Å². The number of carbonyl (C=O) groups excluding carboxylic acids is 2. The van der Waals surface area contributed by atoms with Crippen LogP contribution in [0.15, 0.2) is 35.3 Å². The van der Waals surface area contributed by atoms with E-state index in [9.17, 15) is 9.59 Å². The number of carbonyl (C=O) groups is 2. The van der Waals surface area contributed by atoms with Crippen molar-refractivity contribution in [1.29, 1.82) is 0 Å². The minimum atomic E-state index is -0.993. The highest BCUT2D eigenvalue weighted by Gasteiger charge is 2.46. The van der Waals surface area contributed by atoms with Crippen LogP contribution >= 0.6 is 0 Å². The van der Waals surface area contributed by atoms with Gasteiger partial charge in [0, 0.05) is 12.0 Å². The van der Waals surface area contributed by atoms with Crippen LogP contribution in [0.4, 0.5) is 0 Å². The third kappa shape index (κ3) is 3.53. The summed E-state index contributed by atoms with van der Waals surface area (Å²) in [7, 11) is 1.34.